The zero-order valence-electron chi connectivity index (χ0n) is 27.4. The average molecular weight is 646 g/mol. The van der Waals surface area contributed by atoms with Gasteiger partial charge in [-0.2, -0.15) is 0 Å². The molecule has 13 rings (SSSR count). The van der Waals surface area contributed by atoms with E-state index in [2.05, 4.69) is 177 Å². The normalized spacial score (nSPS) is 12.7. The summed E-state index contributed by atoms with van der Waals surface area (Å²) in [5.74, 6) is 0. The van der Waals surface area contributed by atoms with Crippen molar-refractivity contribution in [3.05, 3.63) is 164 Å². The highest BCUT2D eigenvalue weighted by molar-refractivity contribution is 6.29. The fourth-order valence-electron chi connectivity index (χ4n) is 9.67. The molecule has 0 N–H and O–H groups in total. The molecule has 3 heteroatoms. The summed E-state index contributed by atoms with van der Waals surface area (Å²) in [5.41, 5.74) is 13.8. The molecule has 0 radical (unpaired) electrons. The Bertz CT molecular complexity index is 3580. The second-order valence-electron chi connectivity index (χ2n) is 14.1. The Morgan fingerprint density at radius 2 is 0.765 bits per heavy atom. The lowest BCUT2D eigenvalue weighted by Crippen LogP contribution is -1.93. The standard InChI is InChI=1S/C48H27N3/c1-2-11-29(12-3-1)49-41-21-6-5-14-32(41)38-25-28(23-24-43(38)49)30-15-8-17-34-35-18-10-20-37-40-26-44-39(27-45(40)51(46(30)34)48(35)37)36-19-9-16-33-31-13-4-7-22-42(31)50(44)47(33)36/h1-27H. The van der Waals surface area contributed by atoms with Crippen molar-refractivity contribution in [2.75, 3.05) is 0 Å². The van der Waals surface area contributed by atoms with Crippen molar-refractivity contribution in [2.24, 2.45) is 0 Å². The second-order valence-corrected chi connectivity index (χ2v) is 14.1. The number of benzene rings is 8. The number of fused-ring (bicyclic) bond motifs is 15. The van der Waals surface area contributed by atoms with Gasteiger partial charge in [-0.05, 0) is 54.1 Å². The molecule has 0 saturated carbocycles. The third-order valence-corrected chi connectivity index (χ3v) is 11.7. The van der Waals surface area contributed by atoms with Crippen LogP contribution in [0.3, 0.4) is 0 Å². The fraction of sp³-hybridized carbons (Fsp3) is 0. The minimum atomic E-state index is 1.18. The van der Waals surface area contributed by atoms with Crippen LogP contribution in [0.2, 0.25) is 0 Å². The molecular formula is C48H27N3. The van der Waals surface area contributed by atoms with Crippen molar-refractivity contribution in [3.8, 4) is 16.8 Å². The van der Waals surface area contributed by atoms with E-state index in [1.165, 1.54) is 115 Å². The van der Waals surface area contributed by atoms with Gasteiger partial charge in [0.05, 0.1) is 44.1 Å². The highest BCUT2D eigenvalue weighted by Crippen LogP contribution is 2.46. The number of hydrogen-bond donors (Lipinski definition) is 0. The van der Waals surface area contributed by atoms with E-state index in [0.29, 0.717) is 0 Å². The van der Waals surface area contributed by atoms with Gasteiger partial charge in [-0.3, -0.25) is 0 Å². The SMILES string of the molecule is c1ccc(-n2c3ccccc3c3cc(-c4cccc5c6cccc7c8cc9c(cc8n(c45)c76)c4cccc5c6ccccc6n9c54)ccc32)cc1. The monoisotopic (exact) mass is 645 g/mol. The van der Waals surface area contributed by atoms with Crippen LogP contribution in [-0.2, 0) is 0 Å². The molecule has 3 nitrogen and oxygen atoms in total. The zero-order chi connectivity index (χ0) is 32.9. The van der Waals surface area contributed by atoms with Crippen LogP contribution in [-0.4, -0.2) is 13.4 Å². The van der Waals surface area contributed by atoms with Crippen molar-refractivity contribution in [2.45, 2.75) is 0 Å². The third-order valence-electron chi connectivity index (χ3n) is 11.7. The van der Waals surface area contributed by atoms with Crippen molar-refractivity contribution in [1.82, 2.24) is 13.4 Å². The molecule has 0 spiro atoms. The number of para-hydroxylation sites is 6. The molecule has 5 aromatic heterocycles. The maximum atomic E-state index is 2.56. The smallest absolute Gasteiger partial charge is 0.0620 e. The fourth-order valence-corrected chi connectivity index (χ4v) is 9.67. The highest BCUT2D eigenvalue weighted by atomic mass is 15.0. The first-order valence-electron chi connectivity index (χ1n) is 17.7. The van der Waals surface area contributed by atoms with Gasteiger partial charge in [0, 0.05) is 65.1 Å². The van der Waals surface area contributed by atoms with Crippen LogP contribution in [0.5, 0.6) is 0 Å². The van der Waals surface area contributed by atoms with E-state index in [-0.39, 0.29) is 0 Å². The summed E-state index contributed by atoms with van der Waals surface area (Å²) in [4.78, 5) is 0. The van der Waals surface area contributed by atoms with Crippen LogP contribution < -0.4 is 0 Å². The van der Waals surface area contributed by atoms with Crippen molar-refractivity contribution in [1.29, 1.82) is 0 Å². The van der Waals surface area contributed by atoms with Crippen molar-refractivity contribution >= 4 is 98.0 Å². The van der Waals surface area contributed by atoms with Crippen LogP contribution >= 0.6 is 0 Å². The summed E-state index contributed by atoms with van der Waals surface area (Å²) in [6.07, 6.45) is 0. The summed E-state index contributed by atoms with van der Waals surface area (Å²) in [5, 5.41) is 13.0. The summed E-state index contributed by atoms with van der Waals surface area (Å²) in [7, 11) is 0. The molecule has 13 aromatic rings. The van der Waals surface area contributed by atoms with Gasteiger partial charge in [0.15, 0.2) is 0 Å². The Hall–Kier alpha value is -6.84. The predicted molar refractivity (Wildman–Crippen MR) is 216 cm³/mol. The van der Waals surface area contributed by atoms with E-state index in [4.69, 9.17) is 0 Å². The molecule has 51 heavy (non-hydrogen) atoms. The van der Waals surface area contributed by atoms with E-state index in [9.17, 15) is 0 Å². The Balaban J connectivity index is 1.16. The molecule has 0 aliphatic carbocycles. The van der Waals surface area contributed by atoms with Gasteiger partial charge >= 0.3 is 0 Å². The molecule has 0 saturated heterocycles. The van der Waals surface area contributed by atoms with E-state index >= 15 is 0 Å². The lowest BCUT2D eigenvalue weighted by Gasteiger charge is -2.09. The minimum Gasteiger partial charge on any atom is -0.309 e. The summed E-state index contributed by atoms with van der Waals surface area (Å²) >= 11 is 0. The molecule has 8 aromatic carbocycles. The number of aromatic nitrogens is 3. The number of hydrogen-bond acceptors (Lipinski definition) is 0. The van der Waals surface area contributed by atoms with Gasteiger partial charge in [-0.25, -0.2) is 0 Å². The maximum Gasteiger partial charge on any atom is 0.0620 e. The predicted octanol–water partition coefficient (Wildman–Crippen LogP) is 12.8. The molecule has 234 valence electrons. The van der Waals surface area contributed by atoms with E-state index in [1.807, 2.05) is 0 Å². The lowest BCUT2D eigenvalue weighted by molar-refractivity contribution is 1.18. The first-order chi connectivity index (χ1) is 25.3. The third kappa shape index (κ3) is 3.08. The topological polar surface area (TPSA) is 13.8 Å². The molecule has 0 fully saturated rings. The highest BCUT2D eigenvalue weighted by Gasteiger charge is 2.23. The second kappa shape index (κ2) is 9.03. The summed E-state index contributed by atoms with van der Waals surface area (Å²) in [6.45, 7) is 0. The molecule has 0 aliphatic rings. The zero-order valence-corrected chi connectivity index (χ0v) is 27.4. The van der Waals surface area contributed by atoms with E-state index in [0.717, 1.165) is 0 Å². The van der Waals surface area contributed by atoms with Gasteiger partial charge in [0.2, 0.25) is 0 Å². The minimum absolute atomic E-state index is 1.18. The first-order valence-corrected chi connectivity index (χ1v) is 17.7. The average Bonchev–Trinajstić information content (AvgIpc) is 3.97. The Morgan fingerprint density at radius 3 is 1.51 bits per heavy atom. The maximum absolute atomic E-state index is 2.56. The van der Waals surface area contributed by atoms with Crippen LogP contribution in [0.25, 0.3) is 115 Å². The van der Waals surface area contributed by atoms with Crippen LogP contribution in [0, 0.1) is 0 Å². The van der Waals surface area contributed by atoms with Gasteiger partial charge in [-0.1, -0.05) is 115 Å². The van der Waals surface area contributed by atoms with Crippen LogP contribution in [0.4, 0.5) is 0 Å². The van der Waals surface area contributed by atoms with E-state index < -0.39 is 0 Å². The number of nitrogens with zero attached hydrogens (tertiary/aromatic N) is 3. The molecule has 0 unspecified atom stereocenters. The summed E-state index contributed by atoms with van der Waals surface area (Å²) in [6, 6.07) is 60.8. The lowest BCUT2D eigenvalue weighted by atomic mass is 9.99. The van der Waals surface area contributed by atoms with E-state index in [1.54, 1.807) is 0 Å². The van der Waals surface area contributed by atoms with Crippen LogP contribution in [0.1, 0.15) is 0 Å². The van der Waals surface area contributed by atoms with Gasteiger partial charge in [-0.15, -0.1) is 0 Å². The van der Waals surface area contributed by atoms with Crippen LogP contribution in [0.15, 0.2) is 164 Å². The van der Waals surface area contributed by atoms with Crippen molar-refractivity contribution < 1.29 is 0 Å². The molecule has 5 heterocycles. The summed E-state index contributed by atoms with van der Waals surface area (Å²) < 4.78 is 7.45. The molecule has 0 bridgehead atoms. The molecule has 0 aliphatic heterocycles. The van der Waals surface area contributed by atoms with Gasteiger partial charge in [0.25, 0.3) is 0 Å². The molecule has 0 amide bonds. The van der Waals surface area contributed by atoms with Gasteiger partial charge in [0.1, 0.15) is 0 Å². The molecular weight excluding hydrogens is 619 g/mol. The number of rotatable bonds is 2. The quantitative estimate of drug-likeness (QED) is 0.178. The largest absolute Gasteiger partial charge is 0.309 e. The Kier molecular flexibility index (Phi) is 4.62. The Morgan fingerprint density at radius 1 is 0.275 bits per heavy atom. The first kappa shape index (κ1) is 26.1. The van der Waals surface area contributed by atoms with Crippen molar-refractivity contribution in [3.63, 3.8) is 0 Å². The molecule has 0 atom stereocenters. The van der Waals surface area contributed by atoms with Gasteiger partial charge < -0.3 is 13.4 Å². The Labute approximate surface area is 291 Å².